The Kier molecular flexibility index (Phi) is 5.90. The van der Waals surface area contributed by atoms with E-state index in [-0.39, 0.29) is 18.5 Å². The number of aromatic hydroxyl groups is 1. The van der Waals surface area contributed by atoms with Gasteiger partial charge in [-0.3, -0.25) is 0 Å². The van der Waals surface area contributed by atoms with Crippen molar-refractivity contribution < 1.29 is 14.6 Å². The molecule has 4 nitrogen and oxygen atoms in total. The van der Waals surface area contributed by atoms with Crippen LogP contribution in [0.4, 0.5) is 0 Å². The minimum atomic E-state index is -0.00790. The fourth-order valence-corrected chi connectivity index (χ4v) is 3.41. The van der Waals surface area contributed by atoms with Crippen LogP contribution in [0.5, 0.6) is 17.2 Å². The summed E-state index contributed by atoms with van der Waals surface area (Å²) in [6.45, 7) is 11.9. The molecule has 2 aliphatic heterocycles. The first-order valence-corrected chi connectivity index (χ1v) is 9.19. The number of hydrogen-bond donors (Lipinski definition) is 2. The van der Waals surface area contributed by atoms with E-state index in [1.807, 2.05) is 38.2 Å². The molecule has 0 aliphatic carbocycles. The second-order valence-corrected chi connectivity index (χ2v) is 6.36. The summed E-state index contributed by atoms with van der Waals surface area (Å²) in [5, 5.41) is 13.8. The van der Waals surface area contributed by atoms with Gasteiger partial charge in [0.15, 0.2) is 11.5 Å². The maximum Gasteiger partial charge on any atom is 0.231 e. The van der Waals surface area contributed by atoms with Crippen molar-refractivity contribution in [3.8, 4) is 17.2 Å². The van der Waals surface area contributed by atoms with E-state index in [0.29, 0.717) is 17.1 Å². The first kappa shape index (κ1) is 19.4. The molecule has 0 saturated heterocycles. The molecule has 0 amide bonds. The van der Waals surface area contributed by atoms with Gasteiger partial charge in [-0.25, -0.2) is 0 Å². The van der Waals surface area contributed by atoms with Gasteiger partial charge < -0.3 is 19.9 Å². The summed E-state index contributed by atoms with van der Waals surface area (Å²) in [6, 6.07) is 3.38. The second kappa shape index (κ2) is 8.53. The minimum Gasteiger partial charge on any atom is -0.507 e. The van der Waals surface area contributed by atoms with Gasteiger partial charge in [-0.05, 0) is 43.2 Å². The van der Waals surface area contributed by atoms with Crippen LogP contribution in [0.15, 0.2) is 90.4 Å². The van der Waals surface area contributed by atoms with Gasteiger partial charge >= 0.3 is 0 Å². The predicted molar refractivity (Wildman–Crippen MR) is 114 cm³/mol. The SMILES string of the molecule is C=C/C=C1/NC(C=C)=C(/C=C\C)C(C=Cc2cc3c(cc2O)OCO3)/C1=C/C. The molecule has 0 aromatic heterocycles. The maximum absolute atomic E-state index is 10.4. The Bertz CT molecular complexity index is 945. The van der Waals surface area contributed by atoms with Gasteiger partial charge in [0, 0.05) is 28.9 Å². The topological polar surface area (TPSA) is 50.7 Å². The van der Waals surface area contributed by atoms with Gasteiger partial charge in [0.05, 0.1) is 0 Å². The highest BCUT2D eigenvalue weighted by Crippen LogP contribution is 2.39. The quantitative estimate of drug-likeness (QED) is 0.725. The summed E-state index contributed by atoms with van der Waals surface area (Å²) in [7, 11) is 0. The lowest BCUT2D eigenvalue weighted by Gasteiger charge is -2.30. The fraction of sp³-hybridized carbons (Fsp3) is 0.167. The van der Waals surface area contributed by atoms with Crippen LogP contribution >= 0.6 is 0 Å². The van der Waals surface area contributed by atoms with Gasteiger partial charge in [0.1, 0.15) is 5.75 Å². The van der Waals surface area contributed by atoms with Crippen LogP contribution in [0.1, 0.15) is 19.4 Å². The number of phenols is 1. The van der Waals surface area contributed by atoms with Crippen LogP contribution in [0.2, 0.25) is 0 Å². The number of hydrogen-bond acceptors (Lipinski definition) is 4. The minimum absolute atomic E-state index is 0.00790. The molecule has 0 saturated carbocycles. The Morgan fingerprint density at radius 3 is 2.54 bits per heavy atom. The molecule has 0 spiro atoms. The highest BCUT2D eigenvalue weighted by molar-refractivity contribution is 5.65. The molecule has 28 heavy (non-hydrogen) atoms. The molecule has 2 aliphatic rings. The third-order valence-corrected chi connectivity index (χ3v) is 4.70. The molecule has 1 unspecified atom stereocenters. The number of rotatable bonds is 5. The fourth-order valence-electron chi connectivity index (χ4n) is 3.41. The lowest BCUT2D eigenvalue weighted by Crippen LogP contribution is -2.26. The molecule has 2 N–H and O–H groups in total. The van der Waals surface area contributed by atoms with Crippen LogP contribution in [0.3, 0.4) is 0 Å². The zero-order chi connectivity index (χ0) is 20.1. The first-order valence-electron chi connectivity index (χ1n) is 9.19. The van der Waals surface area contributed by atoms with Gasteiger partial charge in [-0.1, -0.05) is 49.6 Å². The van der Waals surface area contributed by atoms with Crippen LogP contribution in [0.25, 0.3) is 6.08 Å². The van der Waals surface area contributed by atoms with E-state index in [9.17, 15) is 5.11 Å². The smallest absolute Gasteiger partial charge is 0.231 e. The van der Waals surface area contributed by atoms with E-state index in [2.05, 4.69) is 36.7 Å². The molecule has 4 heteroatoms. The molecule has 0 fully saturated rings. The lowest BCUT2D eigenvalue weighted by molar-refractivity contribution is 0.174. The highest BCUT2D eigenvalue weighted by Gasteiger charge is 2.25. The van der Waals surface area contributed by atoms with Crippen LogP contribution in [0, 0.1) is 5.92 Å². The monoisotopic (exact) mass is 375 g/mol. The van der Waals surface area contributed by atoms with Crippen molar-refractivity contribution in [1.82, 2.24) is 5.32 Å². The van der Waals surface area contributed by atoms with E-state index >= 15 is 0 Å². The van der Waals surface area contributed by atoms with E-state index in [4.69, 9.17) is 9.47 Å². The standard InChI is InChI=1S/C24H25NO3/c1-5-9-19-18(17(7-3)21(10-6-2)25-20(19)8-4)12-11-16-13-23-24(14-22(16)26)28-15-27-23/h5-14,18,25-26H,2,4,15H2,1,3H3/b9-5-,12-11?,17-7-,21-10+. The largest absolute Gasteiger partial charge is 0.507 e. The van der Waals surface area contributed by atoms with Crippen molar-refractivity contribution in [3.05, 3.63) is 95.9 Å². The van der Waals surface area contributed by atoms with Crippen molar-refractivity contribution in [3.63, 3.8) is 0 Å². The van der Waals surface area contributed by atoms with Crippen LogP contribution in [-0.2, 0) is 0 Å². The highest BCUT2D eigenvalue weighted by atomic mass is 16.7. The lowest BCUT2D eigenvalue weighted by atomic mass is 9.83. The molecule has 1 aromatic carbocycles. The molecule has 3 rings (SSSR count). The van der Waals surface area contributed by atoms with Crippen molar-refractivity contribution in [1.29, 1.82) is 0 Å². The van der Waals surface area contributed by atoms with Crippen molar-refractivity contribution in [2.75, 3.05) is 6.79 Å². The summed E-state index contributed by atoms with van der Waals surface area (Å²) in [4.78, 5) is 0. The molecule has 1 atom stereocenters. The average molecular weight is 375 g/mol. The number of benzene rings is 1. The van der Waals surface area contributed by atoms with E-state index in [1.165, 1.54) is 0 Å². The Labute approximate surface area is 166 Å². The van der Waals surface area contributed by atoms with E-state index < -0.39 is 0 Å². The van der Waals surface area contributed by atoms with Gasteiger partial charge in [-0.15, -0.1) is 0 Å². The van der Waals surface area contributed by atoms with Gasteiger partial charge in [0.25, 0.3) is 0 Å². The average Bonchev–Trinajstić information content (AvgIpc) is 3.14. The molecule has 1 aromatic rings. The van der Waals surface area contributed by atoms with Crippen LogP contribution in [-0.4, -0.2) is 11.9 Å². The van der Waals surface area contributed by atoms with Gasteiger partial charge in [0.2, 0.25) is 6.79 Å². The number of ether oxygens (including phenoxy) is 2. The molecule has 2 heterocycles. The normalized spacial score (nSPS) is 21.7. The van der Waals surface area contributed by atoms with Crippen molar-refractivity contribution in [2.24, 2.45) is 5.92 Å². The molecular formula is C24H25NO3. The zero-order valence-electron chi connectivity index (χ0n) is 16.2. The Balaban J connectivity index is 2.08. The third-order valence-electron chi connectivity index (χ3n) is 4.70. The Hall–Kier alpha value is -3.40. The third kappa shape index (κ3) is 3.67. The molecule has 144 valence electrons. The summed E-state index contributed by atoms with van der Waals surface area (Å²) in [6.07, 6.45) is 15.7. The van der Waals surface area contributed by atoms with E-state index in [0.717, 1.165) is 22.5 Å². The number of nitrogens with one attached hydrogen (secondary N) is 1. The summed E-state index contributed by atoms with van der Waals surface area (Å²) in [5.74, 6) is 1.34. The summed E-state index contributed by atoms with van der Waals surface area (Å²) < 4.78 is 10.7. The predicted octanol–water partition coefficient (Wildman–Crippen LogP) is 5.39. The summed E-state index contributed by atoms with van der Waals surface area (Å²) >= 11 is 0. The Morgan fingerprint density at radius 1 is 1.14 bits per heavy atom. The number of allylic oxidation sites excluding steroid dienone is 9. The molecular weight excluding hydrogens is 350 g/mol. The maximum atomic E-state index is 10.4. The number of phenolic OH excluding ortho intramolecular Hbond substituents is 1. The van der Waals surface area contributed by atoms with Crippen molar-refractivity contribution >= 4 is 6.08 Å². The van der Waals surface area contributed by atoms with Gasteiger partial charge in [-0.2, -0.15) is 0 Å². The second-order valence-electron chi connectivity index (χ2n) is 6.36. The van der Waals surface area contributed by atoms with E-state index in [1.54, 1.807) is 18.2 Å². The molecule has 0 bridgehead atoms. The number of fused-ring (bicyclic) bond motifs is 1. The zero-order valence-corrected chi connectivity index (χ0v) is 16.2. The van der Waals surface area contributed by atoms with Crippen LogP contribution < -0.4 is 14.8 Å². The summed E-state index contributed by atoms with van der Waals surface area (Å²) in [5.41, 5.74) is 4.82. The first-order chi connectivity index (χ1) is 13.6. The molecule has 0 radical (unpaired) electrons. The van der Waals surface area contributed by atoms with Crippen molar-refractivity contribution in [2.45, 2.75) is 13.8 Å². The Morgan fingerprint density at radius 2 is 1.89 bits per heavy atom.